The first-order valence-electron chi connectivity index (χ1n) is 6.71. The Bertz CT molecular complexity index is 440. The fourth-order valence-corrected chi connectivity index (χ4v) is 2.57. The monoisotopic (exact) mass is 265 g/mol. The maximum atomic E-state index is 13.1. The van der Waals surface area contributed by atoms with Gasteiger partial charge < -0.3 is 9.64 Å². The van der Waals surface area contributed by atoms with Crippen molar-refractivity contribution in [3.8, 4) is 0 Å². The average Bonchev–Trinajstić information content (AvgIpc) is 2.36. The number of hydrogen-bond donors (Lipinski definition) is 0. The van der Waals surface area contributed by atoms with E-state index in [1.807, 2.05) is 24.8 Å². The predicted octanol–water partition coefficient (Wildman–Crippen LogP) is 2.39. The van der Waals surface area contributed by atoms with Crippen LogP contribution in [0.2, 0.25) is 0 Å². The van der Waals surface area contributed by atoms with Crippen LogP contribution in [-0.2, 0) is 16.0 Å². The minimum absolute atomic E-state index is 0.115. The third-order valence-corrected chi connectivity index (χ3v) is 3.47. The first-order valence-corrected chi connectivity index (χ1v) is 6.71. The summed E-state index contributed by atoms with van der Waals surface area (Å²) in [7, 11) is 0. The van der Waals surface area contributed by atoms with Gasteiger partial charge in [0.2, 0.25) is 5.91 Å². The second-order valence-electron chi connectivity index (χ2n) is 5.17. The van der Waals surface area contributed by atoms with Crippen LogP contribution in [0.5, 0.6) is 0 Å². The van der Waals surface area contributed by atoms with Gasteiger partial charge in [-0.3, -0.25) is 4.79 Å². The van der Waals surface area contributed by atoms with Gasteiger partial charge in [-0.2, -0.15) is 0 Å². The molecule has 1 aromatic carbocycles. The highest BCUT2D eigenvalue weighted by Gasteiger charge is 2.28. The van der Waals surface area contributed by atoms with Gasteiger partial charge in [0.1, 0.15) is 5.82 Å². The summed E-state index contributed by atoms with van der Waals surface area (Å²) in [5.41, 5.74) is 0.863. The van der Waals surface area contributed by atoms with Crippen molar-refractivity contribution in [2.45, 2.75) is 38.8 Å². The largest absolute Gasteiger partial charge is 0.377 e. The van der Waals surface area contributed by atoms with Gasteiger partial charge in [0.25, 0.3) is 0 Å². The molecule has 19 heavy (non-hydrogen) atoms. The van der Waals surface area contributed by atoms with E-state index in [2.05, 4.69) is 0 Å². The Labute approximate surface area is 113 Å². The lowest BCUT2D eigenvalue weighted by atomic mass is 10.1. The molecule has 1 heterocycles. The number of hydrogen-bond acceptors (Lipinski definition) is 2. The third-order valence-electron chi connectivity index (χ3n) is 3.47. The smallest absolute Gasteiger partial charge is 0.223 e. The summed E-state index contributed by atoms with van der Waals surface area (Å²) in [6, 6.07) is 6.65. The number of carbonyl (C=O) groups is 1. The van der Waals surface area contributed by atoms with E-state index in [1.165, 1.54) is 12.1 Å². The fraction of sp³-hybridized carbons (Fsp3) is 0.533. The summed E-state index contributed by atoms with van der Waals surface area (Å²) in [5.74, 6) is -0.134. The molecule has 0 radical (unpaired) electrons. The number of morpholine rings is 1. The van der Waals surface area contributed by atoms with Crippen molar-refractivity contribution in [2.24, 2.45) is 0 Å². The van der Waals surface area contributed by atoms with Gasteiger partial charge in [-0.05, 0) is 38.0 Å². The number of halogens is 1. The zero-order valence-electron chi connectivity index (χ0n) is 11.4. The SMILES string of the molecule is CC1COCC(C)N1C(=O)CCc1cccc(F)c1. The van der Waals surface area contributed by atoms with E-state index in [9.17, 15) is 9.18 Å². The van der Waals surface area contributed by atoms with Crippen molar-refractivity contribution in [1.82, 2.24) is 4.90 Å². The number of ether oxygens (including phenoxy) is 1. The lowest BCUT2D eigenvalue weighted by Gasteiger charge is -2.38. The molecule has 1 fully saturated rings. The molecule has 4 heteroatoms. The van der Waals surface area contributed by atoms with E-state index in [1.54, 1.807) is 6.07 Å². The molecule has 1 aliphatic heterocycles. The van der Waals surface area contributed by atoms with Crippen LogP contribution in [0.3, 0.4) is 0 Å². The Balaban J connectivity index is 1.93. The van der Waals surface area contributed by atoms with E-state index >= 15 is 0 Å². The standard InChI is InChI=1S/C15H20FNO2/c1-11-9-19-10-12(2)17(11)15(18)7-6-13-4-3-5-14(16)8-13/h3-5,8,11-12H,6-7,9-10H2,1-2H3. The highest BCUT2D eigenvalue weighted by atomic mass is 19.1. The summed E-state index contributed by atoms with van der Waals surface area (Å²) in [6.45, 7) is 5.18. The second-order valence-corrected chi connectivity index (χ2v) is 5.17. The molecule has 2 rings (SSSR count). The highest BCUT2D eigenvalue weighted by Crippen LogP contribution is 2.16. The van der Waals surface area contributed by atoms with Crippen LogP contribution >= 0.6 is 0 Å². The van der Waals surface area contributed by atoms with Gasteiger partial charge in [0, 0.05) is 6.42 Å². The molecule has 2 unspecified atom stereocenters. The van der Waals surface area contributed by atoms with Crippen molar-refractivity contribution in [3.63, 3.8) is 0 Å². The summed E-state index contributed by atoms with van der Waals surface area (Å²) in [5, 5.41) is 0. The van der Waals surface area contributed by atoms with Gasteiger partial charge in [0.15, 0.2) is 0 Å². The topological polar surface area (TPSA) is 29.5 Å². The number of amides is 1. The molecule has 0 aromatic heterocycles. The van der Waals surface area contributed by atoms with Crippen LogP contribution in [0.1, 0.15) is 25.8 Å². The Morgan fingerprint density at radius 2 is 2.05 bits per heavy atom. The number of carbonyl (C=O) groups excluding carboxylic acids is 1. The van der Waals surface area contributed by atoms with Gasteiger partial charge in [0.05, 0.1) is 25.3 Å². The molecule has 1 saturated heterocycles. The Hall–Kier alpha value is -1.42. The van der Waals surface area contributed by atoms with E-state index < -0.39 is 0 Å². The van der Waals surface area contributed by atoms with Crippen molar-refractivity contribution in [2.75, 3.05) is 13.2 Å². The van der Waals surface area contributed by atoms with E-state index in [4.69, 9.17) is 4.74 Å². The van der Waals surface area contributed by atoms with E-state index in [0.717, 1.165) is 5.56 Å². The average molecular weight is 265 g/mol. The van der Waals surface area contributed by atoms with Crippen LogP contribution in [0, 0.1) is 5.82 Å². The van der Waals surface area contributed by atoms with Gasteiger partial charge in [-0.15, -0.1) is 0 Å². The van der Waals surface area contributed by atoms with E-state index in [-0.39, 0.29) is 23.8 Å². The van der Waals surface area contributed by atoms with Crippen molar-refractivity contribution < 1.29 is 13.9 Å². The number of rotatable bonds is 3. The molecule has 1 aromatic rings. The molecule has 1 amide bonds. The second kappa shape index (κ2) is 6.15. The summed E-state index contributed by atoms with van der Waals surface area (Å²) >= 11 is 0. The van der Waals surface area contributed by atoms with Gasteiger partial charge in [-0.25, -0.2) is 4.39 Å². The lowest BCUT2D eigenvalue weighted by molar-refractivity contribution is -0.144. The Morgan fingerprint density at radius 3 is 2.68 bits per heavy atom. The summed E-state index contributed by atoms with van der Waals surface area (Å²) < 4.78 is 18.5. The van der Waals surface area contributed by atoms with Crippen LogP contribution in [0.15, 0.2) is 24.3 Å². The number of benzene rings is 1. The van der Waals surface area contributed by atoms with Crippen LogP contribution in [0.4, 0.5) is 4.39 Å². The molecular weight excluding hydrogens is 245 g/mol. The zero-order valence-corrected chi connectivity index (χ0v) is 11.4. The maximum absolute atomic E-state index is 13.1. The number of aryl methyl sites for hydroxylation is 1. The minimum atomic E-state index is -0.252. The zero-order chi connectivity index (χ0) is 13.8. The Kier molecular flexibility index (Phi) is 4.53. The molecule has 0 aliphatic carbocycles. The molecule has 3 nitrogen and oxygen atoms in total. The molecule has 0 N–H and O–H groups in total. The number of nitrogens with zero attached hydrogens (tertiary/aromatic N) is 1. The molecule has 2 atom stereocenters. The van der Waals surface area contributed by atoms with Gasteiger partial charge in [-0.1, -0.05) is 12.1 Å². The fourth-order valence-electron chi connectivity index (χ4n) is 2.57. The van der Waals surface area contributed by atoms with Crippen LogP contribution in [0.25, 0.3) is 0 Å². The molecule has 0 bridgehead atoms. The van der Waals surface area contributed by atoms with Crippen molar-refractivity contribution >= 4 is 5.91 Å². The normalized spacial score (nSPS) is 23.4. The summed E-state index contributed by atoms with van der Waals surface area (Å²) in [6.07, 6.45) is 0.992. The summed E-state index contributed by atoms with van der Waals surface area (Å²) in [4.78, 5) is 14.1. The van der Waals surface area contributed by atoms with Crippen LogP contribution in [-0.4, -0.2) is 36.1 Å². The molecule has 0 saturated carbocycles. The molecule has 0 spiro atoms. The lowest BCUT2D eigenvalue weighted by Crippen LogP contribution is -2.52. The highest BCUT2D eigenvalue weighted by molar-refractivity contribution is 5.77. The Morgan fingerprint density at radius 1 is 1.37 bits per heavy atom. The minimum Gasteiger partial charge on any atom is -0.377 e. The van der Waals surface area contributed by atoms with Crippen LogP contribution < -0.4 is 0 Å². The third kappa shape index (κ3) is 3.53. The predicted molar refractivity (Wildman–Crippen MR) is 71.3 cm³/mol. The first-order chi connectivity index (χ1) is 9.08. The first kappa shape index (κ1) is 14.0. The molecular formula is C15H20FNO2. The molecule has 104 valence electrons. The van der Waals surface area contributed by atoms with Gasteiger partial charge >= 0.3 is 0 Å². The maximum Gasteiger partial charge on any atom is 0.223 e. The van der Waals surface area contributed by atoms with Crippen molar-refractivity contribution in [1.29, 1.82) is 0 Å². The van der Waals surface area contributed by atoms with E-state index in [0.29, 0.717) is 26.1 Å². The molecule has 1 aliphatic rings. The van der Waals surface area contributed by atoms with Crippen molar-refractivity contribution in [3.05, 3.63) is 35.6 Å². The quantitative estimate of drug-likeness (QED) is 0.840.